The van der Waals surface area contributed by atoms with Gasteiger partial charge in [0, 0.05) is 5.41 Å². The van der Waals surface area contributed by atoms with E-state index >= 15 is 0 Å². The van der Waals surface area contributed by atoms with E-state index in [-0.39, 0.29) is 5.41 Å². The first-order valence-corrected chi connectivity index (χ1v) is 10.5. The van der Waals surface area contributed by atoms with Gasteiger partial charge in [-0.3, -0.25) is 0 Å². The van der Waals surface area contributed by atoms with Crippen LogP contribution in [0.2, 0.25) is 0 Å². The van der Waals surface area contributed by atoms with Gasteiger partial charge in [0.25, 0.3) is 0 Å². The molecule has 27 heavy (non-hydrogen) atoms. The lowest BCUT2D eigenvalue weighted by Crippen LogP contribution is -2.31. The van der Waals surface area contributed by atoms with E-state index in [2.05, 4.69) is 85.8 Å². The van der Waals surface area contributed by atoms with Crippen LogP contribution in [0.15, 0.2) is 78.9 Å². The van der Waals surface area contributed by atoms with Crippen LogP contribution in [0.1, 0.15) is 76.3 Å². The second kappa shape index (κ2) is 11.4. The van der Waals surface area contributed by atoms with E-state index in [0.717, 1.165) is 6.42 Å². The third-order valence-corrected chi connectivity index (χ3v) is 4.84. The molecule has 0 bridgehead atoms. The Hall–Kier alpha value is -2.34. The van der Waals surface area contributed by atoms with Gasteiger partial charge in [0.2, 0.25) is 0 Å². The Morgan fingerprint density at radius 2 is 0.889 bits per heavy atom. The van der Waals surface area contributed by atoms with Gasteiger partial charge in [-0.2, -0.15) is 0 Å². The zero-order valence-corrected chi connectivity index (χ0v) is 18.2. The Morgan fingerprint density at radius 3 is 1.33 bits per heavy atom. The molecule has 0 saturated heterocycles. The molecule has 0 radical (unpaired) electrons. The molecule has 0 atom stereocenters. The third-order valence-electron chi connectivity index (χ3n) is 4.84. The molecule has 0 amide bonds. The molecule has 4 rings (SSSR count). The molecule has 0 aromatic heterocycles. The van der Waals surface area contributed by atoms with Crippen molar-refractivity contribution < 1.29 is 0 Å². The standard InChI is InChI=1S/C21H18.3C2H6/c1-21(18-11-3-2-4-12-18)19-13-7-5-9-16(19)15-17-10-6-8-14-20(17)21;3*1-2/h2-14H,15H2,1H3;3*1-2H3. The Kier molecular flexibility index (Phi) is 9.58. The number of rotatable bonds is 1. The molecule has 0 spiro atoms. The topological polar surface area (TPSA) is 0 Å². The average molecular weight is 361 g/mol. The average Bonchev–Trinajstić information content (AvgIpc) is 2.79. The first-order valence-electron chi connectivity index (χ1n) is 10.5. The van der Waals surface area contributed by atoms with Gasteiger partial charge in [-0.1, -0.05) is 120 Å². The molecule has 0 fully saturated rings. The summed E-state index contributed by atoms with van der Waals surface area (Å²) in [5.41, 5.74) is 7.08. The summed E-state index contributed by atoms with van der Waals surface area (Å²) in [5.74, 6) is 0. The molecule has 144 valence electrons. The van der Waals surface area contributed by atoms with Crippen molar-refractivity contribution in [3.05, 3.63) is 107 Å². The van der Waals surface area contributed by atoms with Gasteiger partial charge in [-0.05, 0) is 41.2 Å². The van der Waals surface area contributed by atoms with Crippen molar-refractivity contribution in [2.24, 2.45) is 0 Å². The minimum absolute atomic E-state index is 0.0628. The zero-order chi connectivity index (χ0) is 20.3. The maximum Gasteiger partial charge on any atom is 0.0428 e. The van der Waals surface area contributed by atoms with E-state index in [1.165, 1.54) is 27.8 Å². The fourth-order valence-corrected chi connectivity index (χ4v) is 3.76. The SMILES string of the molecule is CC.CC.CC.CC1(c2ccccc2)c2ccccc2Cc2ccccc21. The number of hydrogen-bond donors (Lipinski definition) is 0. The lowest BCUT2D eigenvalue weighted by molar-refractivity contribution is 0.657. The second-order valence-electron chi connectivity index (χ2n) is 5.98. The van der Waals surface area contributed by atoms with Gasteiger partial charge < -0.3 is 0 Å². The Bertz CT molecular complexity index is 738. The molecule has 0 saturated carbocycles. The van der Waals surface area contributed by atoms with Crippen LogP contribution in [0.5, 0.6) is 0 Å². The largest absolute Gasteiger partial charge is 0.0683 e. The molecule has 0 N–H and O–H groups in total. The molecule has 0 nitrogen and oxygen atoms in total. The molecule has 0 heteroatoms. The van der Waals surface area contributed by atoms with Gasteiger partial charge in [0.05, 0.1) is 0 Å². The summed E-state index contributed by atoms with van der Waals surface area (Å²) in [6.07, 6.45) is 1.04. The summed E-state index contributed by atoms with van der Waals surface area (Å²) in [4.78, 5) is 0. The highest BCUT2D eigenvalue weighted by molar-refractivity contribution is 5.59. The van der Waals surface area contributed by atoms with E-state index in [1.54, 1.807) is 0 Å². The van der Waals surface area contributed by atoms with E-state index in [4.69, 9.17) is 0 Å². The maximum absolute atomic E-state index is 2.36. The molecule has 3 aromatic rings. The van der Waals surface area contributed by atoms with Gasteiger partial charge in [0.1, 0.15) is 0 Å². The Morgan fingerprint density at radius 1 is 0.519 bits per heavy atom. The molecular formula is C27H36. The summed E-state index contributed by atoms with van der Waals surface area (Å²) in [5, 5.41) is 0. The Balaban J connectivity index is 0.000000556. The maximum atomic E-state index is 2.36. The minimum atomic E-state index is -0.0628. The highest BCUT2D eigenvalue weighted by atomic mass is 14.4. The highest BCUT2D eigenvalue weighted by Crippen LogP contribution is 2.45. The first-order chi connectivity index (χ1) is 13.3. The number of benzene rings is 3. The van der Waals surface area contributed by atoms with Crippen molar-refractivity contribution >= 4 is 0 Å². The van der Waals surface area contributed by atoms with Crippen molar-refractivity contribution in [3.63, 3.8) is 0 Å². The summed E-state index contributed by atoms with van der Waals surface area (Å²) >= 11 is 0. The smallest absolute Gasteiger partial charge is 0.0428 e. The molecule has 0 aliphatic heterocycles. The van der Waals surface area contributed by atoms with E-state index < -0.39 is 0 Å². The molecule has 3 aromatic carbocycles. The van der Waals surface area contributed by atoms with Gasteiger partial charge in [-0.25, -0.2) is 0 Å². The van der Waals surface area contributed by atoms with Crippen LogP contribution in [0, 0.1) is 0 Å². The zero-order valence-electron chi connectivity index (χ0n) is 18.2. The predicted molar refractivity (Wildman–Crippen MR) is 122 cm³/mol. The molecule has 0 heterocycles. The quantitative estimate of drug-likeness (QED) is 0.412. The summed E-state index contributed by atoms with van der Waals surface area (Å²) in [7, 11) is 0. The highest BCUT2D eigenvalue weighted by Gasteiger charge is 2.37. The van der Waals surface area contributed by atoms with Crippen LogP contribution in [0.4, 0.5) is 0 Å². The van der Waals surface area contributed by atoms with Crippen LogP contribution >= 0.6 is 0 Å². The molecule has 1 aliphatic carbocycles. The van der Waals surface area contributed by atoms with Crippen LogP contribution in [0.3, 0.4) is 0 Å². The Labute approximate surface area is 167 Å². The van der Waals surface area contributed by atoms with Gasteiger partial charge in [0.15, 0.2) is 0 Å². The lowest BCUT2D eigenvalue weighted by Gasteiger charge is -2.38. The van der Waals surface area contributed by atoms with E-state index in [9.17, 15) is 0 Å². The minimum Gasteiger partial charge on any atom is -0.0683 e. The van der Waals surface area contributed by atoms with Crippen molar-refractivity contribution in [2.75, 3.05) is 0 Å². The van der Waals surface area contributed by atoms with E-state index in [0.29, 0.717) is 0 Å². The third kappa shape index (κ3) is 4.50. The van der Waals surface area contributed by atoms with Crippen LogP contribution in [0.25, 0.3) is 0 Å². The normalized spacial score (nSPS) is 12.4. The summed E-state index contributed by atoms with van der Waals surface area (Å²) < 4.78 is 0. The first kappa shape index (κ1) is 22.7. The fourth-order valence-electron chi connectivity index (χ4n) is 3.76. The van der Waals surface area contributed by atoms with Crippen LogP contribution in [-0.4, -0.2) is 0 Å². The lowest BCUT2D eigenvalue weighted by atomic mass is 9.64. The number of fused-ring (bicyclic) bond motifs is 2. The fraction of sp³-hybridized carbons (Fsp3) is 0.333. The molecular weight excluding hydrogens is 324 g/mol. The second-order valence-corrected chi connectivity index (χ2v) is 5.98. The predicted octanol–water partition coefficient (Wildman–Crippen LogP) is 8.02. The van der Waals surface area contributed by atoms with Crippen molar-refractivity contribution in [3.8, 4) is 0 Å². The van der Waals surface area contributed by atoms with Crippen molar-refractivity contribution in [1.82, 2.24) is 0 Å². The van der Waals surface area contributed by atoms with Crippen LogP contribution < -0.4 is 0 Å². The van der Waals surface area contributed by atoms with Gasteiger partial charge in [-0.15, -0.1) is 0 Å². The molecule has 1 aliphatic rings. The number of hydrogen-bond acceptors (Lipinski definition) is 0. The van der Waals surface area contributed by atoms with Crippen molar-refractivity contribution in [1.29, 1.82) is 0 Å². The molecule has 0 unspecified atom stereocenters. The van der Waals surface area contributed by atoms with E-state index in [1.807, 2.05) is 41.5 Å². The van der Waals surface area contributed by atoms with Crippen LogP contribution in [-0.2, 0) is 11.8 Å². The van der Waals surface area contributed by atoms with Crippen molar-refractivity contribution in [2.45, 2.75) is 60.3 Å². The summed E-state index contributed by atoms with van der Waals surface area (Å²) in [6, 6.07) is 28.6. The summed E-state index contributed by atoms with van der Waals surface area (Å²) in [6.45, 7) is 14.4. The monoisotopic (exact) mass is 360 g/mol. The van der Waals surface area contributed by atoms with Gasteiger partial charge >= 0.3 is 0 Å².